The molecule has 0 saturated heterocycles. The Morgan fingerprint density at radius 1 is 1.06 bits per heavy atom. The van der Waals surface area contributed by atoms with E-state index in [1.54, 1.807) is 61.5 Å². The highest BCUT2D eigenvalue weighted by atomic mass is 35.5. The van der Waals surface area contributed by atoms with Gasteiger partial charge in [-0.2, -0.15) is 0 Å². The summed E-state index contributed by atoms with van der Waals surface area (Å²) in [6.45, 7) is 1.37. The predicted molar refractivity (Wildman–Crippen MR) is 123 cm³/mol. The summed E-state index contributed by atoms with van der Waals surface area (Å²) >= 11 is 6.12. The molecule has 1 aromatic heterocycles. The van der Waals surface area contributed by atoms with E-state index in [1.165, 1.54) is 6.26 Å². The number of benzene rings is 2. The zero-order chi connectivity index (χ0) is 23.3. The Bertz CT molecular complexity index is 1230. The van der Waals surface area contributed by atoms with E-state index >= 15 is 0 Å². The third-order valence-electron chi connectivity index (χ3n) is 4.64. The van der Waals surface area contributed by atoms with Crippen molar-refractivity contribution in [3.8, 4) is 0 Å². The Hall–Kier alpha value is -3.30. The first kappa shape index (κ1) is 23.4. The van der Waals surface area contributed by atoms with Crippen molar-refractivity contribution in [2.24, 2.45) is 0 Å². The molecule has 0 radical (unpaired) electrons. The van der Waals surface area contributed by atoms with Gasteiger partial charge in [-0.25, -0.2) is 8.42 Å². The van der Waals surface area contributed by atoms with Crippen LogP contribution in [0.25, 0.3) is 0 Å². The average Bonchev–Trinajstić information content (AvgIpc) is 3.26. The third-order valence-corrected chi connectivity index (χ3v) is 6.18. The largest absolute Gasteiger partial charge is 0.467 e. The normalized spacial score (nSPS) is 11.1. The van der Waals surface area contributed by atoms with Gasteiger partial charge in [0, 0.05) is 5.02 Å². The summed E-state index contributed by atoms with van der Waals surface area (Å²) < 4.78 is 30.9. The van der Waals surface area contributed by atoms with Crippen LogP contribution in [0.4, 0.5) is 11.4 Å². The topological polar surface area (TPSA) is 109 Å². The number of sulfonamides is 1. The molecule has 168 valence electrons. The fraction of sp³-hybridized carbons (Fsp3) is 0.182. The number of hydrogen-bond acceptors (Lipinski definition) is 5. The summed E-state index contributed by atoms with van der Waals surface area (Å²) in [6.07, 6.45) is 2.52. The summed E-state index contributed by atoms with van der Waals surface area (Å²) in [5.41, 5.74) is 1.33. The van der Waals surface area contributed by atoms with Crippen molar-refractivity contribution in [3.05, 3.63) is 82.8 Å². The maximum absolute atomic E-state index is 12.8. The summed E-state index contributed by atoms with van der Waals surface area (Å²) in [6, 6.07) is 14.7. The molecule has 3 aromatic rings. The Morgan fingerprint density at radius 3 is 2.50 bits per heavy atom. The molecule has 8 nitrogen and oxygen atoms in total. The van der Waals surface area contributed by atoms with E-state index in [2.05, 4.69) is 10.6 Å². The molecule has 3 rings (SSSR count). The Kier molecular flexibility index (Phi) is 7.22. The number of carbonyl (C=O) groups is 2. The Balaban J connectivity index is 1.77. The summed E-state index contributed by atoms with van der Waals surface area (Å²) in [7, 11) is -3.78. The van der Waals surface area contributed by atoms with Gasteiger partial charge in [0.05, 0.1) is 36.0 Å². The number of nitrogens with one attached hydrogen (secondary N) is 2. The maximum atomic E-state index is 12.8. The van der Waals surface area contributed by atoms with Gasteiger partial charge in [0.1, 0.15) is 12.3 Å². The number of nitrogens with zero attached hydrogens (tertiary/aromatic N) is 1. The van der Waals surface area contributed by atoms with Crippen LogP contribution in [0, 0.1) is 6.92 Å². The van der Waals surface area contributed by atoms with Gasteiger partial charge in [-0.1, -0.05) is 29.8 Å². The van der Waals surface area contributed by atoms with Gasteiger partial charge >= 0.3 is 0 Å². The van der Waals surface area contributed by atoms with E-state index in [1.807, 2.05) is 0 Å². The Morgan fingerprint density at radius 2 is 1.81 bits per heavy atom. The van der Waals surface area contributed by atoms with Crippen molar-refractivity contribution in [2.75, 3.05) is 22.4 Å². The lowest BCUT2D eigenvalue weighted by atomic mass is 10.1. The molecule has 1 heterocycles. The van der Waals surface area contributed by atoms with Gasteiger partial charge in [-0.15, -0.1) is 0 Å². The quantitative estimate of drug-likeness (QED) is 0.517. The van der Waals surface area contributed by atoms with Crippen molar-refractivity contribution in [1.29, 1.82) is 0 Å². The standard InChI is InChI=1S/C22H22ClN3O5S/c1-15-18(23)9-5-11-20(15)26(32(2,29)30)14-21(27)25-19-10-4-3-8-17(19)22(28)24-13-16-7-6-12-31-16/h3-12H,13-14H2,1-2H3,(H,24,28)(H,25,27). The second-order valence-corrected chi connectivity index (χ2v) is 9.32. The molecule has 0 aliphatic heterocycles. The van der Waals surface area contributed by atoms with Gasteiger partial charge in [-0.3, -0.25) is 13.9 Å². The molecule has 0 atom stereocenters. The molecule has 2 amide bonds. The smallest absolute Gasteiger partial charge is 0.253 e. The minimum atomic E-state index is -3.78. The van der Waals surface area contributed by atoms with E-state index in [-0.39, 0.29) is 17.8 Å². The fourth-order valence-electron chi connectivity index (χ4n) is 3.03. The molecule has 0 aliphatic carbocycles. The fourth-order valence-corrected chi connectivity index (χ4v) is 4.11. The average molecular weight is 476 g/mol. The molecule has 0 aliphatic rings. The first-order valence-corrected chi connectivity index (χ1v) is 11.8. The first-order chi connectivity index (χ1) is 15.2. The molecule has 2 N–H and O–H groups in total. The van der Waals surface area contributed by atoms with E-state index < -0.39 is 28.4 Å². The molecular weight excluding hydrogens is 454 g/mol. The number of para-hydroxylation sites is 1. The maximum Gasteiger partial charge on any atom is 0.253 e. The number of carbonyl (C=O) groups excluding carboxylic acids is 2. The molecule has 32 heavy (non-hydrogen) atoms. The van der Waals surface area contributed by atoms with Crippen molar-refractivity contribution >= 4 is 44.8 Å². The number of furan rings is 1. The molecule has 0 spiro atoms. The summed E-state index contributed by atoms with van der Waals surface area (Å²) in [5, 5.41) is 5.73. The molecule has 0 saturated carbocycles. The van der Waals surface area contributed by atoms with Gasteiger partial charge in [0.25, 0.3) is 5.91 Å². The SMILES string of the molecule is Cc1c(Cl)cccc1N(CC(=O)Nc1ccccc1C(=O)NCc1ccco1)S(C)(=O)=O. The number of rotatable bonds is 8. The van der Waals surface area contributed by atoms with E-state index in [9.17, 15) is 18.0 Å². The molecule has 0 fully saturated rings. The van der Waals surface area contributed by atoms with Gasteiger partial charge in [0.2, 0.25) is 15.9 Å². The van der Waals surface area contributed by atoms with Crippen LogP contribution in [0.3, 0.4) is 0 Å². The first-order valence-electron chi connectivity index (χ1n) is 9.59. The highest BCUT2D eigenvalue weighted by molar-refractivity contribution is 7.92. The highest BCUT2D eigenvalue weighted by Crippen LogP contribution is 2.28. The molecule has 0 bridgehead atoms. The van der Waals surface area contributed by atoms with Crippen molar-refractivity contribution in [3.63, 3.8) is 0 Å². The summed E-state index contributed by atoms with van der Waals surface area (Å²) in [4.78, 5) is 25.4. The van der Waals surface area contributed by atoms with Gasteiger partial charge in [-0.05, 0) is 48.9 Å². The lowest BCUT2D eigenvalue weighted by Gasteiger charge is -2.24. The zero-order valence-corrected chi connectivity index (χ0v) is 19.0. The van der Waals surface area contributed by atoms with Gasteiger partial charge < -0.3 is 15.1 Å². The lowest BCUT2D eigenvalue weighted by molar-refractivity contribution is -0.114. The van der Waals surface area contributed by atoms with Crippen LogP contribution in [0.2, 0.25) is 5.02 Å². The van der Waals surface area contributed by atoms with Crippen LogP contribution in [0.5, 0.6) is 0 Å². The van der Waals surface area contributed by atoms with Crippen molar-refractivity contribution in [2.45, 2.75) is 13.5 Å². The second-order valence-electron chi connectivity index (χ2n) is 7.01. The monoisotopic (exact) mass is 475 g/mol. The van der Waals surface area contributed by atoms with Crippen LogP contribution in [-0.2, 0) is 21.4 Å². The highest BCUT2D eigenvalue weighted by Gasteiger charge is 2.24. The number of anilines is 2. The van der Waals surface area contributed by atoms with Crippen LogP contribution in [0.1, 0.15) is 21.7 Å². The van der Waals surface area contributed by atoms with E-state index in [0.29, 0.717) is 22.0 Å². The number of halogens is 1. The predicted octanol–water partition coefficient (Wildman–Crippen LogP) is 3.58. The molecule has 0 unspecified atom stereocenters. The van der Waals surface area contributed by atoms with E-state index in [4.69, 9.17) is 16.0 Å². The lowest BCUT2D eigenvalue weighted by Crippen LogP contribution is -2.38. The Labute approximate surface area is 191 Å². The van der Waals surface area contributed by atoms with E-state index in [0.717, 1.165) is 10.6 Å². The molecular formula is C22H22ClN3O5S. The second kappa shape index (κ2) is 9.88. The zero-order valence-electron chi connectivity index (χ0n) is 17.5. The van der Waals surface area contributed by atoms with Crippen molar-refractivity contribution in [1.82, 2.24) is 5.32 Å². The van der Waals surface area contributed by atoms with Crippen LogP contribution < -0.4 is 14.9 Å². The minimum absolute atomic E-state index is 0.185. The van der Waals surface area contributed by atoms with Crippen molar-refractivity contribution < 1.29 is 22.4 Å². The van der Waals surface area contributed by atoms with Crippen LogP contribution >= 0.6 is 11.6 Å². The number of amides is 2. The van der Waals surface area contributed by atoms with Gasteiger partial charge in [0.15, 0.2) is 0 Å². The summed E-state index contributed by atoms with van der Waals surface area (Å²) in [5.74, 6) is -0.440. The van der Waals surface area contributed by atoms with Crippen LogP contribution in [-0.4, -0.2) is 33.0 Å². The molecule has 2 aromatic carbocycles. The third kappa shape index (κ3) is 5.68. The molecule has 10 heteroatoms. The van der Waals surface area contributed by atoms with Crippen LogP contribution in [0.15, 0.2) is 65.3 Å². The minimum Gasteiger partial charge on any atom is -0.467 e. The number of hydrogen-bond donors (Lipinski definition) is 2.